The van der Waals surface area contributed by atoms with Crippen LogP contribution in [-0.4, -0.2) is 27.5 Å². The molecule has 1 fully saturated rings. The fraction of sp³-hybridized carbons (Fsp3) is 0.636. The molecule has 15 heavy (non-hydrogen) atoms. The third kappa shape index (κ3) is 2.03. The molecule has 4 nitrogen and oxygen atoms in total. The van der Waals surface area contributed by atoms with Crippen molar-refractivity contribution >= 4 is 5.91 Å². The summed E-state index contributed by atoms with van der Waals surface area (Å²) >= 11 is 0. The number of aromatic nitrogens is 2. The SMILES string of the molecule is CCCC(=O)N1CCC[C@H]1c1ccn[nH]1. The molecule has 0 unspecified atom stereocenters. The maximum Gasteiger partial charge on any atom is 0.223 e. The molecule has 0 aliphatic carbocycles. The van der Waals surface area contributed by atoms with Crippen LogP contribution < -0.4 is 0 Å². The van der Waals surface area contributed by atoms with Crippen molar-refractivity contribution in [3.8, 4) is 0 Å². The van der Waals surface area contributed by atoms with E-state index in [1.807, 2.05) is 17.9 Å². The number of amides is 1. The fourth-order valence-corrected chi connectivity index (χ4v) is 2.20. The van der Waals surface area contributed by atoms with E-state index in [0.29, 0.717) is 6.42 Å². The number of rotatable bonds is 3. The van der Waals surface area contributed by atoms with Crippen molar-refractivity contribution in [3.63, 3.8) is 0 Å². The van der Waals surface area contributed by atoms with Gasteiger partial charge in [-0.1, -0.05) is 6.92 Å². The maximum atomic E-state index is 11.8. The summed E-state index contributed by atoms with van der Waals surface area (Å²) in [6.07, 6.45) is 5.47. The van der Waals surface area contributed by atoms with E-state index in [-0.39, 0.29) is 11.9 Å². The Hall–Kier alpha value is -1.32. The number of H-pyrrole nitrogens is 1. The molecule has 0 saturated carbocycles. The second-order valence-corrected chi connectivity index (χ2v) is 4.01. The molecule has 1 N–H and O–H groups in total. The molecule has 1 saturated heterocycles. The molecule has 0 bridgehead atoms. The summed E-state index contributed by atoms with van der Waals surface area (Å²) in [5.74, 6) is 0.273. The summed E-state index contributed by atoms with van der Waals surface area (Å²) in [5.41, 5.74) is 1.07. The molecule has 4 heteroatoms. The van der Waals surface area contributed by atoms with Crippen LogP contribution in [0.1, 0.15) is 44.3 Å². The van der Waals surface area contributed by atoms with Crippen molar-refractivity contribution in [2.24, 2.45) is 0 Å². The Morgan fingerprint density at radius 2 is 2.60 bits per heavy atom. The second kappa shape index (κ2) is 4.47. The van der Waals surface area contributed by atoms with Gasteiger partial charge in [0.25, 0.3) is 0 Å². The molecule has 82 valence electrons. The lowest BCUT2D eigenvalue weighted by Crippen LogP contribution is -2.30. The van der Waals surface area contributed by atoms with E-state index in [2.05, 4.69) is 10.2 Å². The molecule has 1 aliphatic rings. The van der Waals surface area contributed by atoms with E-state index >= 15 is 0 Å². The first kappa shape index (κ1) is 10.2. The molecule has 0 spiro atoms. The van der Waals surface area contributed by atoms with Crippen molar-refractivity contribution < 1.29 is 4.79 Å². The summed E-state index contributed by atoms with van der Waals surface area (Å²) in [6.45, 7) is 2.93. The number of nitrogens with one attached hydrogen (secondary N) is 1. The zero-order valence-corrected chi connectivity index (χ0v) is 9.07. The van der Waals surface area contributed by atoms with Gasteiger partial charge in [-0.3, -0.25) is 9.89 Å². The first-order chi connectivity index (χ1) is 7.33. The van der Waals surface area contributed by atoms with Crippen LogP contribution in [0, 0.1) is 0 Å². The van der Waals surface area contributed by atoms with Gasteiger partial charge in [0.1, 0.15) is 0 Å². The average Bonchev–Trinajstić information content (AvgIpc) is 2.88. The Labute approximate surface area is 89.7 Å². The van der Waals surface area contributed by atoms with Gasteiger partial charge in [0, 0.05) is 19.2 Å². The van der Waals surface area contributed by atoms with Crippen LogP contribution in [0.4, 0.5) is 0 Å². The summed E-state index contributed by atoms with van der Waals surface area (Å²) < 4.78 is 0. The van der Waals surface area contributed by atoms with E-state index in [1.165, 1.54) is 0 Å². The highest BCUT2D eigenvalue weighted by Gasteiger charge is 2.29. The molecule has 1 aliphatic heterocycles. The highest BCUT2D eigenvalue weighted by Crippen LogP contribution is 2.30. The number of hydrogen-bond acceptors (Lipinski definition) is 2. The lowest BCUT2D eigenvalue weighted by atomic mass is 10.1. The van der Waals surface area contributed by atoms with Gasteiger partial charge >= 0.3 is 0 Å². The number of carbonyl (C=O) groups excluding carboxylic acids is 1. The van der Waals surface area contributed by atoms with Crippen molar-refractivity contribution in [1.29, 1.82) is 0 Å². The molecule has 1 aromatic rings. The zero-order chi connectivity index (χ0) is 10.7. The molecule has 1 atom stereocenters. The van der Waals surface area contributed by atoms with Crippen LogP contribution in [0.15, 0.2) is 12.3 Å². The second-order valence-electron chi connectivity index (χ2n) is 4.01. The number of likely N-dealkylation sites (tertiary alicyclic amines) is 1. The van der Waals surface area contributed by atoms with Crippen molar-refractivity contribution in [3.05, 3.63) is 18.0 Å². The highest BCUT2D eigenvalue weighted by molar-refractivity contribution is 5.76. The minimum atomic E-state index is 0.228. The Bertz CT molecular complexity index is 321. The standard InChI is InChI=1S/C11H17N3O/c1-2-4-11(15)14-8-3-5-10(14)9-6-7-12-13-9/h6-7,10H,2-5,8H2,1H3,(H,12,13)/t10-/m0/s1. The van der Waals surface area contributed by atoms with E-state index < -0.39 is 0 Å². The highest BCUT2D eigenvalue weighted by atomic mass is 16.2. The van der Waals surface area contributed by atoms with Crippen LogP contribution in [0.2, 0.25) is 0 Å². The number of aromatic amines is 1. The number of carbonyl (C=O) groups is 1. The number of hydrogen-bond donors (Lipinski definition) is 1. The predicted molar refractivity (Wildman–Crippen MR) is 57.2 cm³/mol. The van der Waals surface area contributed by atoms with Crippen LogP contribution in [0.25, 0.3) is 0 Å². The van der Waals surface area contributed by atoms with Crippen LogP contribution in [0.3, 0.4) is 0 Å². The molecule has 0 radical (unpaired) electrons. The van der Waals surface area contributed by atoms with Gasteiger partial charge in [-0.2, -0.15) is 5.10 Å². The van der Waals surface area contributed by atoms with E-state index in [9.17, 15) is 4.79 Å². The molecule has 1 aromatic heterocycles. The van der Waals surface area contributed by atoms with E-state index in [0.717, 1.165) is 31.5 Å². The molecular formula is C11H17N3O. The average molecular weight is 207 g/mol. The predicted octanol–water partition coefficient (Wildman–Crippen LogP) is 1.87. The quantitative estimate of drug-likeness (QED) is 0.822. The summed E-state index contributed by atoms with van der Waals surface area (Å²) in [6, 6.07) is 2.19. The first-order valence-corrected chi connectivity index (χ1v) is 5.61. The number of nitrogens with zero attached hydrogens (tertiary/aromatic N) is 2. The third-order valence-electron chi connectivity index (χ3n) is 2.92. The Morgan fingerprint density at radius 3 is 3.27 bits per heavy atom. The van der Waals surface area contributed by atoms with Crippen LogP contribution >= 0.6 is 0 Å². The van der Waals surface area contributed by atoms with Gasteiger partial charge in [-0.05, 0) is 25.3 Å². The van der Waals surface area contributed by atoms with E-state index in [1.54, 1.807) is 6.20 Å². The summed E-state index contributed by atoms with van der Waals surface area (Å²) in [5, 5.41) is 6.91. The van der Waals surface area contributed by atoms with Gasteiger partial charge in [0.15, 0.2) is 0 Å². The van der Waals surface area contributed by atoms with Crippen LogP contribution in [0.5, 0.6) is 0 Å². The minimum Gasteiger partial charge on any atom is -0.334 e. The van der Waals surface area contributed by atoms with Gasteiger partial charge in [0.05, 0.1) is 11.7 Å². The summed E-state index contributed by atoms with van der Waals surface area (Å²) in [7, 11) is 0. The molecule has 2 rings (SSSR count). The maximum absolute atomic E-state index is 11.8. The van der Waals surface area contributed by atoms with Crippen molar-refractivity contribution in [2.45, 2.75) is 38.6 Å². The Morgan fingerprint density at radius 1 is 1.73 bits per heavy atom. The summed E-state index contributed by atoms with van der Waals surface area (Å²) in [4.78, 5) is 13.8. The monoisotopic (exact) mass is 207 g/mol. The first-order valence-electron chi connectivity index (χ1n) is 5.61. The van der Waals surface area contributed by atoms with Gasteiger partial charge in [0.2, 0.25) is 5.91 Å². The normalized spacial score (nSPS) is 20.9. The third-order valence-corrected chi connectivity index (χ3v) is 2.92. The minimum absolute atomic E-state index is 0.228. The van der Waals surface area contributed by atoms with Crippen molar-refractivity contribution in [2.75, 3.05) is 6.54 Å². The molecule has 1 amide bonds. The Kier molecular flexibility index (Phi) is 3.04. The zero-order valence-electron chi connectivity index (χ0n) is 9.07. The molecule has 2 heterocycles. The van der Waals surface area contributed by atoms with Crippen molar-refractivity contribution in [1.82, 2.24) is 15.1 Å². The molecular weight excluding hydrogens is 190 g/mol. The fourth-order valence-electron chi connectivity index (χ4n) is 2.20. The van der Waals surface area contributed by atoms with Gasteiger partial charge in [-0.15, -0.1) is 0 Å². The van der Waals surface area contributed by atoms with E-state index in [4.69, 9.17) is 0 Å². The lowest BCUT2D eigenvalue weighted by Gasteiger charge is -2.23. The molecule has 0 aromatic carbocycles. The lowest BCUT2D eigenvalue weighted by molar-refractivity contribution is -0.132. The van der Waals surface area contributed by atoms with Gasteiger partial charge < -0.3 is 4.90 Å². The smallest absolute Gasteiger partial charge is 0.223 e. The van der Waals surface area contributed by atoms with Crippen LogP contribution in [-0.2, 0) is 4.79 Å². The topological polar surface area (TPSA) is 49.0 Å². The largest absolute Gasteiger partial charge is 0.334 e. The van der Waals surface area contributed by atoms with Gasteiger partial charge in [-0.25, -0.2) is 0 Å². The Balaban J connectivity index is 2.08.